The molecule has 104 valence electrons. The number of esters is 1. The Bertz CT molecular complexity index is 628. The summed E-state index contributed by atoms with van der Waals surface area (Å²) in [5.74, 6) is 0.831. The van der Waals surface area contributed by atoms with Gasteiger partial charge >= 0.3 is 5.97 Å². The van der Waals surface area contributed by atoms with Gasteiger partial charge in [0.2, 0.25) is 0 Å². The standard InChI is InChI=1S/C15H14INO3/c1-2-19-15(18)11-9-10(7-8-13(11)17)20-14-6-4-3-5-12(14)16/h3-9H,2,17H2,1H3. The van der Waals surface area contributed by atoms with Crippen molar-refractivity contribution in [3.63, 3.8) is 0 Å². The van der Waals surface area contributed by atoms with Crippen LogP contribution in [0.2, 0.25) is 0 Å². The number of para-hydroxylation sites is 1. The molecule has 2 N–H and O–H groups in total. The van der Waals surface area contributed by atoms with Crippen molar-refractivity contribution in [3.05, 3.63) is 51.6 Å². The lowest BCUT2D eigenvalue weighted by Gasteiger charge is -2.10. The molecular formula is C15H14INO3. The Morgan fingerprint density at radius 2 is 2.00 bits per heavy atom. The van der Waals surface area contributed by atoms with Gasteiger partial charge in [0.05, 0.1) is 15.7 Å². The van der Waals surface area contributed by atoms with Crippen LogP contribution >= 0.6 is 22.6 Å². The van der Waals surface area contributed by atoms with E-state index in [0.29, 0.717) is 23.6 Å². The number of anilines is 1. The van der Waals surface area contributed by atoms with Gasteiger partial charge in [-0.1, -0.05) is 12.1 Å². The first-order valence-corrected chi connectivity index (χ1v) is 7.18. The van der Waals surface area contributed by atoms with Gasteiger partial charge in [0.25, 0.3) is 0 Å². The van der Waals surface area contributed by atoms with Crippen molar-refractivity contribution in [2.45, 2.75) is 6.92 Å². The van der Waals surface area contributed by atoms with E-state index in [4.69, 9.17) is 15.2 Å². The Hall–Kier alpha value is -1.76. The van der Waals surface area contributed by atoms with E-state index in [1.807, 2.05) is 24.3 Å². The molecule has 4 nitrogen and oxygen atoms in total. The van der Waals surface area contributed by atoms with E-state index in [2.05, 4.69) is 22.6 Å². The van der Waals surface area contributed by atoms with Crippen LogP contribution in [0, 0.1) is 3.57 Å². The first kappa shape index (κ1) is 14.6. The third-order valence-electron chi connectivity index (χ3n) is 2.58. The second-order valence-electron chi connectivity index (χ2n) is 4.00. The van der Waals surface area contributed by atoms with Crippen molar-refractivity contribution in [3.8, 4) is 11.5 Å². The molecule has 0 heterocycles. The quantitative estimate of drug-likeness (QED) is 0.495. The number of hydrogen-bond acceptors (Lipinski definition) is 4. The maximum atomic E-state index is 11.8. The van der Waals surface area contributed by atoms with Crippen LogP contribution in [0.15, 0.2) is 42.5 Å². The summed E-state index contributed by atoms with van der Waals surface area (Å²) in [6, 6.07) is 12.6. The van der Waals surface area contributed by atoms with Crippen molar-refractivity contribution in [2.24, 2.45) is 0 Å². The van der Waals surface area contributed by atoms with Crippen LogP contribution in [0.5, 0.6) is 11.5 Å². The molecule has 5 heteroatoms. The zero-order chi connectivity index (χ0) is 14.5. The summed E-state index contributed by atoms with van der Waals surface area (Å²) in [6.45, 7) is 2.06. The monoisotopic (exact) mass is 383 g/mol. The molecule has 0 unspecified atom stereocenters. The summed E-state index contributed by atoms with van der Waals surface area (Å²) in [7, 11) is 0. The predicted molar refractivity (Wildman–Crippen MR) is 86.0 cm³/mol. The van der Waals surface area contributed by atoms with E-state index >= 15 is 0 Å². The van der Waals surface area contributed by atoms with Gasteiger partial charge in [-0.05, 0) is 59.8 Å². The Labute approximate surface area is 131 Å². The zero-order valence-corrected chi connectivity index (χ0v) is 13.1. The van der Waals surface area contributed by atoms with E-state index < -0.39 is 5.97 Å². The highest BCUT2D eigenvalue weighted by Gasteiger charge is 2.12. The van der Waals surface area contributed by atoms with Crippen molar-refractivity contribution in [1.82, 2.24) is 0 Å². The molecule has 0 spiro atoms. The van der Waals surface area contributed by atoms with Crippen LogP contribution in [0.4, 0.5) is 5.69 Å². The van der Waals surface area contributed by atoms with Crippen molar-refractivity contribution >= 4 is 34.2 Å². The largest absolute Gasteiger partial charge is 0.462 e. The highest BCUT2D eigenvalue weighted by atomic mass is 127. The molecule has 0 atom stereocenters. The van der Waals surface area contributed by atoms with E-state index in [0.717, 1.165) is 9.32 Å². The second kappa shape index (κ2) is 6.60. The number of nitrogens with two attached hydrogens (primary N) is 1. The predicted octanol–water partition coefficient (Wildman–Crippen LogP) is 3.84. The minimum absolute atomic E-state index is 0.305. The number of benzene rings is 2. The van der Waals surface area contributed by atoms with Crippen LogP contribution < -0.4 is 10.5 Å². The Morgan fingerprint density at radius 3 is 2.70 bits per heavy atom. The van der Waals surface area contributed by atoms with Gasteiger partial charge in [0.15, 0.2) is 0 Å². The number of halogens is 1. The van der Waals surface area contributed by atoms with E-state index in [1.165, 1.54) is 0 Å². The molecule has 2 aromatic rings. The molecule has 0 aliphatic rings. The molecule has 0 aliphatic heterocycles. The summed E-state index contributed by atoms with van der Waals surface area (Å²) in [5, 5.41) is 0. The average molecular weight is 383 g/mol. The lowest BCUT2D eigenvalue weighted by molar-refractivity contribution is 0.0527. The summed E-state index contributed by atoms with van der Waals surface area (Å²) in [5.41, 5.74) is 6.47. The van der Waals surface area contributed by atoms with Crippen LogP contribution in [0.25, 0.3) is 0 Å². The highest BCUT2D eigenvalue weighted by molar-refractivity contribution is 14.1. The number of ether oxygens (including phenoxy) is 2. The molecule has 0 saturated heterocycles. The zero-order valence-electron chi connectivity index (χ0n) is 10.9. The van der Waals surface area contributed by atoms with Crippen LogP contribution in [0.1, 0.15) is 17.3 Å². The first-order valence-electron chi connectivity index (χ1n) is 6.11. The molecule has 2 rings (SSSR count). The van der Waals surface area contributed by atoms with E-state index in [1.54, 1.807) is 25.1 Å². The van der Waals surface area contributed by atoms with Crippen LogP contribution in [-0.4, -0.2) is 12.6 Å². The van der Waals surface area contributed by atoms with Gasteiger partial charge in [-0.15, -0.1) is 0 Å². The van der Waals surface area contributed by atoms with Crippen molar-refractivity contribution in [1.29, 1.82) is 0 Å². The second-order valence-corrected chi connectivity index (χ2v) is 5.16. The molecule has 0 fully saturated rings. The number of carbonyl (C=O) groups is 1. The fourth-order valence-electron chi connectivity index (χ4n) is 1.64. The lowest BCUT2D eigenvalue weighted by Crippen LogP contribution is -2.08. The fourth-order valence-corrected chi connectivity index (χ4v) is 2.14. The van der Waals surface area contributed by atoms with Crippen molar-refractivity contribution in [2.75, 3.05) is 12.3 Å². The molecule has 0 saturated carbocycles. The molecule has 0 radical (unpaired) electrons. The molecule has 0 aromatic heterocycles. The van der Waals surface area contributed by atoms with Crippen LogP contribution in [-0.2, 0) is 4.74 Å². The summed E-state index contributed by atoms with van der Waals surface area (Å²) in [4.78, 5) is 11.8. The highest BCUT2D eigenvalue weighted by Crippen LogP contribution is 2.28. The van der Waals surface area contributed by atoms with Gasteiger partial charge < -0.3 is 15.2 Å². The Kier molecular flexibility index (Phi) is 4.84. The SMILES string of the molecule is CCOC(=O)c1cc(Oc2ccccc2I)ccc1N. The fraction of sp³-hybridized carbons (Fsp3) is 0.133. The van der Waals surface area contributed by atoms with Gasteiger partial charge in [-0.25, -0.2) is 4.79 Å². The summed E-state index contributed by atoms with van der Waals surface area (Å²) >= 11 is 2.19. The maximum absolute atomic E-state index is 11.8. The number of nitrogen functional groups attached to an aromatic ring is 1. The molecular weight excluding hydrogens is 369 g/mol. The normalized spacial score (nSPS) is 10.1. The van der Waals surface area contributed by atoms with Crippen molar-refractivity contribution < 1.29 is 14.3 Å². The van der Waals surface area contributed by atoms with Gasteiger partial charge in [0, 0.05) is 5.69 Å². The van der Waals surface area contributed by atoms with Gasteiger partial charge in [0.1, 0.15) is 11.5 Å². The Morgan fingerprint density at radius 1 is 1.25 bits per heavy atom. The first-order chi connectivity index (χ1) is 9.61. The minimum Gasteiger partial charge on any atom is -0.462 e. The van der Waals surface area contributed by atoms with E-state index in [-0.39, 0.29) is 0 Å². The molecule has 2 aromatic carbocycles. The number of carbonyl (C=O) groups excluding carboxylic acids is 1. The van der Waals surface area contributed by atoms with E-state index in [9.17, 15) is 4.79 Å². The molecule has 0 amide bonds. The third-order valence-corrected chi connectivity index (χ3v) is 3.48. The number of hydrogen-bond donors (Lipinski definition) is 1. The lowest BCUT2D eigenvalue weighted by atomic mass is 10.1. The average Bonchev–Trinajstić information content (AvgIpc) is 2.43. The molecule has 20 heavy (non-hydrogen) atoms. The third kappa shape index (κ3) is 3.41. The summed E-state index contributed by atoms with van der Waals surface area (Å²) < 4.78 is 11.7. The minimum atomic E-state index is -0.446. The summed E-state index contributed by atoms with van der Waals surface area (Å²) in [6.07, 6.45) is 0. The van der Waals surface area contributed by atoms with Gasteiger partial charge in [-0.2, -0.15) is 0 Å². The Balaban J connectivity index is 2.28. The van der Waals surface area contributed by atoms with Crippen LogP contribution in [0.3, 0.4) is 0 Å². The maximum Gasteiger partial charge on any atom is 0.340 e. The smallest absolute Gasteiger partial charge is 0.340 e. The number of rotatable bonds is 4. The van der Waals surface area contributed by atoms with Gasteiger partial charge in [-0.3, -0.25) is 0 Å². The topological polar surface area (TPSA) is 61.5 Å². The molecule has 0 aliphatic carbocycles. The molecule has 0 bridgehead atoms.